The molecule has 12 nitrogen and oxygen atoms in total. The van der Waals surface area contributed by atoms with Gasteiger partial charge < -0.3 is 10.4 Å². The van der Waals surface area contributed by atoms with Crippen molar-refractivity contribution in [3.63, 3.8) is 0 Å². The highest BCUT2D eigenvalue weighted by Gasteiger charge is 2.37. The lowest BCUT2D eigenvalue weighted by atomic mass is 10.0. The number of benzene rings is 2. The van der Waals surface area contributed by atoms with Crippen LogP contribution in [0.2, 0.25) is 0 Å². The molecule has 3 aromatic rings. The molecule has 4 N–H and O–H groups in total. The minimum atomic E-state index is -1.18. The average Bonchev–Trinajstić information content (AvgIpc) is 3.45. The Labute approximate surface area is 206 Å². The van der Waals surface area contributed by atoms with Gasteiger partial charge in [-0.25, -0.2) is 0 Å². The van der Waals surface area contributed by atoms with E-state index in [1.165, 1.54) is 0 Å². The molecular formula is C24H27N7O5. The normalized spacial score (nSPS) is 14.8. The molecule has 3 amide bonds. The van der Waals surface area contributed by atoms with Crippen LogP contribution in [-0.2, 0) is 16.1 Å². The predicted molar refractivity (Wildman–Crippen MR) is 128 cm³/mol. The molecule has 0 fully saturated rings. The number of carbonyl (C=O) groups excluding carboxylic acids is 3. The summed E-state index contributed by atoms with van der Waals surface area (Å²) in [6.45, 7) is 3.76. The maximum Gasteiger partial charge on any atom is 0.320 e. The Morgan fingerprint density at radius 2 is 1.69 bits per heavy atom. The maximum atomic E-state index is 13.0. The van der Waals surface area contributed by atoms with Gasteiger partial charge in [0.15, 0.2) is 5.82 Å². The van der Waals surface area contributed by atoms with Crippen LogP contribution in [0, 0.1) is 5.92 Å². The van der Waals surface area contributed by atoms with Gasteiger partial charge in [0, 0.05) is 6.54 Å². The average molecular weight is 494 g/mol. The van der Waals surface area contributed by atoms with E-state index in [0.29, 0.717) is 23.4 Å². The van der Waals surface area contributed by atoms with Gasteiger partial charge in [-0.2, -0.15) is 5.21 Å². The van der Waals surface area contributed by atoms with Crippen molar-refractivity contribution in [3.8, 4) is 0 Å². The third-order valence-electron chi connectivity index (χ3n) is 6.01. The van der Waals surface area contributed by atoms with E-state index in [0.717, 1.165) is 15.7 Å². The summed E-state index contributed by atoms with van der Waals surface area (Å²) < 4.78 is 0. The number of nitrogens with one attached hydrogen (secondary N) is 3. The number of carboxylic acid groups (broad SMARTS) is 1. The molecule has 0 aliphatic carbocycles. The Balaban J connectivity index is 1.44. The Hall–Kier alpha value is -4.19. The Morgan fingerprint density at radius 3 is 2.22 bits per heavy atom. The SMILES string of the molecule is CC(C)C[C@@H](NC(CCN1C(=O)c2cc3ccccc3cc2C1=O)C(=O)O)C(=O)NCc1nn[nH]n1. The molecule has 1 aliphatic heterocycles. The first-order valence-corrected chi connectivity index (χ1v) is 11.6. The summed E-state index contributed by atoms with van der Waals surface area (Å²) in [5.74, 6) is -2.12. The molecule has 0 radical (unpaired) electrons. The lowest BCUT2D eigenvalue weighted by Gasteiger charge is -2.25. The number of aliphatic carboxylic acids is 1. The number of carboxylic acids is 1. The number of H-pyrrole nitrogens is 1. The predicted octanol–water partition coefficient (Wildman–Crippen LogP) is 1.11. The van der Waals surface area contributed by atoms with Crippen molar-refractivity contribution < 1.29 is 24.3 Å². The van der Waals surface area contributed by atoms with Gasteiger partial charge >= 0.3 is 5.97 Å². The molecule has 36 heavy (non-hydrogen) atoms. The quantitative estimate of drug-likeness (QED) is 0.286. The zero-order chi connectivity index (χ0) is 25.8. The first-order chi connectivity index (χ1) is 17.2. The largest absolute Gasteiger partial charge is 0.480 e. The summed E-state index contributed by atoms with van der Waals surface area (Å²) in [6, 6.07) is 8.82. The standard InChI is InChI=1S/C24H27N7O5/c1-13(2)9-19(21(32)25-12-20-27-29-30-28-20)26-18(24(35)36)7-8-31-22(33)16-10-14-5-3-4-6-15(14)11-17(16)23(31)34/h3-6,10-11,13,18-19,26H,7-9,12H2,1-2H3,(H,25,32)(H,35,36)(H,27,28,29,30)/t18?,19-/m1/s1. The Kier molecular flexibility index (Phi) is 7.34. The van der Waals surface area contributed by atoms with E-state index in [9.17, 15) is 24.3 Å². The molecule has 4 rings (SSSR count). The fourth-order valence-electron chi connectivity index (χ4n) is 4.23. The molecule has 0 spiro atoms. The van der Waals surface area contributed by atoms with Crippen LogP contribution in [0.4, 0.5) is 0 Å². The van der Waals surface area contributed by atoms with Crippen molar-refractivity contribution in [3.05, 3.63) is 53.3 Å². The molecule has 0 saturated heterocycles. The van der Waals surface area contributed by atoms with E-state index in [2.05, 4.69) is 31.3 Å². The van der Waals surface area contributed by atoms with Crippen molar-refractivity contribution in [2.45, 2.75) is 45.3 Å². The highest BCUT2D eigenvalue weighted by molar-refractivity contribution is 6.23. The fraction of sp³-hybridized carbons (Fsp3) is 0.375. The molecule has 188 valence electrons. The molecule has 12 heteroatoms. The van der Waals surface area contributed by atoms with Crippen LogP contribution in [0.5, 0.6) is 0 Å². The van der Waals surface area contributed by atoms with E-state index >= 15 is 0 Å². The van der Waals surface area contributed by atoms with Gasteiger partial charge in [-0.15, -0.1) is 10.2 Å². The molecule has 1 aliphatic rings. The molecule has 2 atom stereocenters. The summed E-state index contributed by atoms with van der Waals surface area (Å²) >= 11 is 0. The van der Waals surface area contributed by atoms with Crippen LogP contribution in [0.25, 0.3) is 10.8 Å². The number of rotatable bonds is 11. The summed E-state index contributed by atoms with van der Waals surface area (Å²) in [5.41, 5.74) is 0.606. The number of carbonyl (C=O) groups is 4. The van der Waals surface area contributed by atoms with Gasteiger partial charge in [0.25, 0.3) is 11.8 Å². The van der Waals surface area contributed by atoms with Gasteiger partial charge in [-0.05, 0) is 41.7 Å². The fourth-order valence-corrected chi connectivity index (χ4v) is 4.23. The van der Waals surface area contributed by atoms with E-state index in [1.54, 1.807) is 12.1 Å². The van der Waals surface area contributed by atoms with Crippen LogP contribution in [0.1, 0.15) is 53.2 Å². The number of hydrogen-bond donors (Lipinski definition) is 4. The van der Waals surface area contributed by atoms with E-state index in [1.807, 2.05) is 38.1 Å². The van der Waals surface area contributed by atoms with Crippen molar-refractivity contribution in [1.82, 2.24) is 36.2 Å². The van der Waals surface area contributed by atoms with Crippen molar-refractivity contribution >= 4 is 34.5 Å². The van der Waals surface area contributed by atoms with Crippen LogP contribution < -0.4 is 10.6 Å². The lowest BCUT2D eigenvalue weighted by molar-refractivity contribution is -0.140. The van der Waals surface area contributed by atoms with Crippen molar-refractivity contribution in [2.75, 3.05) is 6.54 Å². The number of nitrogens with zero attached hydrogens (tertiary/aromatic N) is 4. The van der Waals surface area contributed by atoms with Gasteiger partial charge in [0.1, 0.15) is 6.04 Å². The van der Waals surface area contributed by atoms with E-state index < -0.39 is 35.8 Å². The topological polar surface area (TPSA) is 170 Å². The number of tetrazole rings is 1. The molecule has 2 heterocycles. The molecule has 1 unspecified atom stereocenters. The molecule has 0 bridgehead atoms. The van der Waals surface area contributed by atoms with Crippen LogP contribution >= 0.6 is 0 Å². The van der Waals surface area contributed by atoms with Gasteiger partial charge in [-0.1, -0.05) is 43.3 Å². The third kappa shape index (κ3) is 5.38. The number of aromatic nitrogens is 4. The summed E-state index contributed by atoms with van der Waals surface area (Å²) in [7, 11) is 0. The van der Waals surface area contributed by atoms with Crippen LogP contribution in [0.15, 0.2) is 36.4 Å². The number of amides is 3. The minimum absolute atomic E-state index is 0.0345. The second-order valence-electron chi connectivity index (χ2n) is 9.08. The summed E-state index contributed by atoms with van der Waals surface area (Å²) in [6.07, 6.45) is 0.314. The van der Waals surface area contributed by atoms with Gasteiger partial charge in [-0.3, -0.25) is 29.4 Å². The highest BCUT2D eigenvalue weighted by atomic mass is 16.4. The monoisotopic (exact) mass is 493 g/mol. The van der Waals surface area contributed by atoms with E-state index in [-0.39, 0.29) is 25.4 Å². The smallest absolute Gasteiger partial charge is 0.320 e. The van der Waals surface area contributed by atoms with Gasteiger partial charge in [0.05, 0.1) is 23.7 Å². The number of hydrogen-bond acceptors (Lipinski definition) is 8. The molecular weight excluding hydrogens is 466 g/mol. The first-order valence-electron chi connectivity index (χ1n) is 11.6. The number of fused-ring (bicyclic) bond motifs is 2. The molecule has 1 aromatic heterocycles. The maximum absolute atomic E-state index is 13.0. The second-order valence-corrected chi connectivity index (χ2v) is 9.08. The number of aromatic amines is 1. The Morgan fingerprint density at radius 1 is 1.06 bits per heavy atom. The molecule has 2 aromatic carbocycles. The number of imide groups is 1. The minimum Gasteiger partial charge on any atom is -0.480 e. The third-order valence-corrected chi connectivity index (χ3v) is 6.01. The highest BCUT2D eigenvalue weighted by Crippen LogP contribution is 2.28. The van der Waals surface area contributed by atoms with Crippen molar-refractivity contribution in [2.24, 2.45) is 5.92 Å². The lowest BCUT2D eigenvalue weighted by Crippen LogP contribution is -2.52. The van der Waals surface area contributed by atoms with Crippen molar-refractivity contribution in [1.29, 1.82) is 0 Å². The Bertz CT molecular complexity index is 1240. The van der Waals surface area contributed by atoms with Gasteiger partial charge in [0.2, 0.25) is 5.91 Å². The zero-order valence-corrected chi connectivity index (χ0v) is 19.9. The molecule has 0 saturated carbocycles. The first kappa shape index (κ1) is 24.9. The zero-order valence-electron chi connectivity index (χ0n) is 19.9. The second kappa shape index (κ2) is 10.6. The summed E-state index contributed by atoms with van der Waals surface area (Å²) in [4.78, 5) is 51.8. The van der Waals surface area contributed by atoms with Crippen LogP contribution in [0.3, 0.4) is 0 Å². The summed E-state index contributed by atoms with van der Waals surface area (Å²) in [5, 5.41) is 30.3. The van der Waals surface area contributed by atoms with Crippen LogP contribution in [-0.4, -0.2) is 72.9 Å². The van der Waals surface area contributed by atoms with E-state index in [4.69, 9.17) is 0 Å².